The number of phenols is 1. The number of benzene rings is 2. The number of phenolic OH excluding ortho intramolecular Hbond substituents is 1. The number of rotatable bonds is 3. The van der Waals surface area contributed by atoms with E-state index >= 15 is 0 Å². The van der Waals surface area contributed by atoms with Crippen molar-refractivity contribution >= 4 is 0 Å². The van der Waals surface area contributed by atoms with Crippen LogP contribution in [0.15, 0.2) is 42.5 Å². The van der Waals surface area contributed by atoms with Crippen LogP contribution >= 0.6 is 0 Å². The number of fused-ring (bicyclic) bond motifs is 1. The normalized spacial score (nSPS) is 39.5. The fourth-order valence-corrected chi connectivity index (χ4v) is 7.13. The van der Waals surface area contributed by atoms with E-state index in [-0.39, 0.29) is 34.8 Å². The zero-order valence-electron chi connectivity index (χ0n) is 16.3. The lowest BCUT2D eigenvalue weighted by molar-refractivity contribution is 0.0325. The van der Waals surface area contributed by atoms with Crippen molar-refractivity contribution in [2.45, 2.75) is 62.8 Å². The number of hydrogen-bond acceptors (Lipinski definition) is 4. The molecule has 4 unspecified atom stereocenters. The van der Waals surface area contributed by atoms with E-state index in [9.17, 15) is 5.11 Å². The Balaban J connectivity index is 1.42. The van der Waals surface area contributed by atoms with Crippen LogP contribution in [0.4, 0.5) is 0 Å². The van der Waals surface area contributed by atoms with Crippen molar-refractivity contribution in [3.8, 4) is 11.5 Å². The standard InChI is InChI=1S/C24H28N2O2/c1-23-11-15-7-10-18(27)20-19(15)24(13-23)16(21(23)25)8-9-17(22(24)28-20)26-12-14-5-3-2-4-6-14/h2-7,10,16-17,21-22,26-27H,8-9,11-13,25H2,1H3/t16?,17-,21?,22?,23?,24-/m1/s1. The van der Waals surface area contributed by atoms with E-state index in [4.69, 9.17) is 10.5 Å². The smallest absolute Gasteiger partial charge is 0.165 e. The van der Waals surface area contributed by atoms with Crippen molar-refractivity contribution in [3.05, 3.63) is 59.2 Å². The van der Waals surface area contributed by atoms with Gasteiger partial charge in [-0.1, -0.05) is 43.3 Å². The summed E-state index contributed by atoms with van der Waals surface area (Å²) in [5.74, 6) is 1.45. The number of nitrogens with one attached hydrogen (secondary N) is 1. The van der Waals surface area contributed by atoms with Gasteiger partial charge in [0.2, 0.25) is 0 Å². The Hall–Kier alpha value is -2.04. The van der Waals surface area contributed by atoms with Crippen LogP contribution in [0.25, 0.3) is 0 Å². The third-order valence-electron chi connectivity index (χ3n) is 8.20. The highest BCUT2D eigenvalue weighted by molar-refractivity contribution is 5.61. The van der Waals surface area contributed by atoms with Crippen molar-refractivity contribution < 1.29 is 9.84 Å². The van der Waals surface area contributed by atoms with Gasteiger partial charge in [-0.15, -0.1) is 0 Å². The minimum absolute atomic E-state index is 0.0465. The molecule has 1 heterocycles. The molecule has 0 amide bonds. The number of nitrogens with two attached hydrogens (primary N) is 1. The minimum Gasteiger partial charge on any atom is -0.504 e. The molecule has 28 heavy (non-hydrogen) atoms. The summed E-state index contributed by atoms with van der Waals surface area (Å²) in [4.78, 5) is 0. The first-order chi connectivity index (χ1) is 13.5. The lowest BCUT2D eigenvalue weighted by Gasteiger charge is -2.47. The Morgan fingerprint density at radius 3 is 2.82 bits per heavy atom. The topological polar surface area (TPSA) is 67.5 Å². The number of ether oxygens (including phenoxy) is 1. The average Bonchev–Trinajstić information content (AvgIpc) is 3.14. The summed E-state index contributed by atoms with van der Waals surface area (Å²) in [6.07, 6.45) is 4.30. The Labute approximate surface area is 166 Å². The second-order valence-electron chi connectivity index (χ2n) is 9.72. The highest BCUT2D eigenvalue weighted by Crippen LogP contribution is 2.69. The monoisotopic (exact) mass is 376 g/mol. The fourth-order valence-electron chi connectivity index (χ4n) is 7.13. The van der Waals surface area contributed by atoms with E-state index in [0.717, 1.165) is 38.0 Å². The summed E-state index contributed by atoms with van der Waals surface area (Å²) < 4.78 is 6.58. The molecule has 2 saturated carbocycles. The molecule has 0 aromatic heterocycles. The van der Waals surface area contributed by atoms with Gasteiger partial charge in [0.05, 0.1) is 0 Å². The van der Waals surface area contributed by atoms with Crippen LogP contribution in [0, 0.1) is 11.3 Å². The largest absolute Gasteiger partial charge is 0.504 e. The van der Waals surface area contributed by atoms with Gasteiger partial charge < -0.3 is 20.9 Å². The molecule has 0 radical (unpaired) electrons. The molecule has 4 N–H and O–H groups in total. The SMILES string of the molecule is CC12Cc3ccc(O)c4c3[C@@]3(C1)C(CC[C@@H](NCc1ccccc1)C3O4)C2N. The lowest BCUT2D eigenvalue weighted by atomic mass is 9.58. The van der Waals surface area contributed by atoms with E-state index in [0.29, 0.717) is 5.92 Å². The summed E-state index contributed by atoms with van der Waals surface area (Å²) in [7, 11) is 0. The van der Waals surface area contributed by atoms with Gasteiger partial charge in [0.15, 0.2) is 11.5 Å². The van der Waals surface area contributed by atoms with Gasteiger partial charge in [-0.3, -0.25) is 0 Å². The van der Waals surface area contributed by atoms with E-state index in [2.05, 4.69) is 48.6 Å². The zero-order chi connectivity index (χ0) is 19.1. The van der Waals surface area contributed by atoms with Crippen LogP contribution < -0.4 is 15.8 Å². The third kappa shape index (κ3) is 1.98. The molecule has 2 bridgehead atoms. The molecule has 3 aliphatic carbocycles. The zero-order valence-corrected chi connectivity index (χ0v) is 16.3. The van der Waals surface area contributed by atoms with E-state index in [1.165, 1.54) is 16.7 Å². The van der Waals surface area contributed by atoms with Crippen LogP contribution in [-0.2, 0) is 18.4 Å². The number of aromatic hydroxyl groups is 1. The first-order valence-electron chi connectivity index (χ1n) is 10.6. The lowest BCUT2D eigenvalue weighted by Crippen LogP contribution is -2.58. The second kappa shape index (κ2) is 5.52. The molecular weight excluding hydrogens is 348 g/mol. The van der Waals surface area contributed by atoms with Crippen LogP contribution in [0.2, 0.25) is 0 Å². The number of hydrogen-bond donors (Lipinski definition) is 3. The Bertz CT molecular complexity index is 945. The van der Waals surface area contributed by atoms with Gasteiger partial charge in [0, 0.05) is 29.6 Å². The first kappa shape index (κ1) is 16.9. The quantitative estimate of drug-likeness (QED) is 0.769. The fraction of sp³-hybridized carbons (Fsp3) is 0.500. The van der Waals surface area contributed by atoms with E-state index < -0.39 is 0 Å². The minimum atomic E-state index is -0.0531. The van der Waals surface area contributed by atoms with Gasteiger partial charge in [0.25, 0.3) is 0 Å². The maximum Gasteiger partial charge on any atom is 0.165 e. The van der Waals surface area contributed by atoms with Crippen LogP contribution in [0.3, 0.4) is 0 Å². The Morgan fingerprint density at radius 1 is 1.18 bits per heavy atom. The third-order valence-corrected chi connectivity index (χ3v) is 8.20. The summed E-state index contributed by atoms with van der Waals surface area (Å²) in [6.45, 7) is 3.20. The highest BCUT2D eigenvalue weighted by atomic mass is 16.5. The molecule has 2 fully saturated rings. The van der Waals surface area contributed by atoms with Crippen LogP contribution in [0.1, 0.15) is 42.9 Å². The van der Waals surface area contributed by atoms with Gasteiger partial charge >= 0.3 is 0 Å². The van der Waals surface area contributed by atoms with E-state index in [1.54, 1.807) is 0 Å². The van der Waals surface area contributed by atoms with Crippen molar-refractivity contribution in [2.75, 3.05) is 0 Å². The van der Waals surface area contributed by atoms with Crippen molar-refractivity contribution in [1.82, 2.24) is 5.32 Å². The summed E-state index contributed by atoms with van der Waals surface area (Å²) in [5, 5.41) is 14.4. The molecular formula is C24H28N2O2. The van der Waals surface area contributed by atoms with Crippen molar-refractivity contribution in [3.63, 3.8) is 0 Å². The highest BCUT2D eigenvalue weighted by Gasteiger charge is 2.70. The molecule has 6 atom stereocenters. The summed E-state index contributed by atoms with van der Waals surface area (Å²) in [6, 6.07) is 14.9. The molecule has 4 heteroatoms. The van der Waals surface area contributed by atoms with Gasteiger partial charge in [-0.2, -0.15) is 0 Å². The Kier molecular flexibility index (Phi) is 3.33. The van der Waals surface area contributed by atoms with Crippen molar-refractivity contribution in [2.24, 2.45) is 17.1 Å². The molecule has 2 aromatic rings. The maximum atomic E-state index is 10.6. The molecule has 4 aliphatic rings. The maximum absolute atomic E-state index is 10.6. The first-order valence-corrected chi connectivity index (χ1v) is 10.6. The molecule has 1 spiro atoms. The van der Waals surface area contributed by atoms with Gasteiger partial charge in [0.1, 0.15) is 6.10 Å². The van der Waals surface area contributed by atoms with E-state index in [1.807, 2.05) is 6.07 Å². The molecule has 146 valence electrons. The Morgan fingerprint density at radius 2 is 2.00 bits per heavy atom. The second-order valence-corrected chi connectivity index (χ2v) is 9.72. The van der Waals surface area contributed by atoms with Crippen LogP contribution in [-0.4, -0.2) is 23.3 Å². The van der Waals surface area contributed by atoms with Gasteiger partial charge in [-0.25, -0.2) is 0 Å². The molecule has 1 aliphatic heterocycles. The van der Waals surface area contributed by atoms with Gasteiger partial charge in [-0.05, 0) is 54.2 Å². The molecule has 2 aromatic carbocycles. The molecule has 4 nitrogen and oxygen atoms in total. The molecule has 0 saturated heterocycles. The predicted octanol–water partition coefficient (Wildman–Crippen LogP) is 3.25. The summed E-state index contributed by atoms with van der Waals surface area (Å²) >= 11 is 0. The average molecular weight is 376 g/mol. The van der Waals surface area contributed by atoms with Crippen molar-refractivity contribution in [1.29, 1.82) is 0 Å². The predicted molar refractivity (Wildman–Crippen MR) is 108 cm³/mol. The summed E-state index contributed by atoms with van der Waals surface area (Å²) in [5.41, 5.74) is 10.8. The van der Waals surface area contributed by atoms with Crippen LogP contribution in [0.5, 0.6) is 11.5 Å². The molecule has 6 rings (SSSR count).